The number of ether oxygens (including phenoxy) is 2. The molecule has 3 heterocycles. The number of rotatable bonds is 2. The van der Waals surface area contributed by atoms with Gasteiger partial charge in [0.15, 0.2) is 0 Å². The number of hydrogen-bond acceptors (Lipinski definition) is 4. The molecule has 0 unspecified atom stereocenters. The Balaban J connectivity index is 1.43. The van der Waals surface area contributed by atoms with Crippen molar-refractivity contribution in [3.8, 4) is 5.75 Å². The van der Waals surface area contributed by atoms with Gasteiger partial charge < -0.3 is 19.3 Å². The first kappa shape index (κ1) is 17.6. The summed E-state index contributed by atoms with van der Waals surface area (Å²) in [5.74, 6) is 1.56. The number of para-hydroxylation sites is 1. The molecule has 30 heavy (non-hydrogen) atoms. The maximum Gasteiger partial charge on any atom is 0.119 e. The third kappa shape index (κ3) is 1.87. The number of piperidine rings is 1. The predicted molar refractivity (Wildman–Crippen MR) is 117 cm³/mol. The number of methoxy groups -OCH3 is 1. The molecule has 2 aliphatic carbocycles. The zero-order chi connectivity index (χ0) is 20.1. The van der Waals surface area contributed by atoms with Crippen LogP contribution in [0.1, 0.15) is 30.4 Å². The van der Waals surface area contributed by atoms with E-state index < -0.39 is 0 Å². The van der Waals surface area contributed by atoms with Crippen molar-refractivity contribution < 1.29 is 9.47 Å². The Bertz CT molecular complexity index is 1010. The highest BCUT2D eigenvalue weighted by molar-refractivity contribution is 5.56. The first-order valence-electron chi connectivity index (χ1n) is 11.6. The summed E-state index contributed by atoms with van der Waals surface area (Å²) in [6, 6.07) is 18.9. The summed E-state index contributed by atoms with van der Waals surface area (Å²) in [5.41, 5.74) is 4.50. The van der Waals surface area contributed by atoms with Crippen LogP contribution in [-0.2, 0) is 16.6 Å². The van der Waals surface area contributed by atoms with Crippen molar-refractivity contribution in [2.24, 2.45) is 5.92 Å². The normalized spacial score (nSPS) is 40.8. The van der Waals surface area contributed by atoms with Crippen molar-refractivity contribution in [2.75, 3.05) is 32.1 Å². The van der Waals surface area contributed by atoms with E-state index in [1.165, 1.54) is 30.5 Å². The van der Waals surface area contributed by atoms with Gasteiger partial charge in [0, 0.05) is 35.6 Å². The molecule has 156 valence electrons. The van der Waals surface area contributed by atoms with Crippen LogP contribution in [0.3, 0.4) is 0 Å². The van der Waals surface area contributed by atoms with Gasteiger partial charge in [-0.15, -0.1) is 0 Å². The van der Waals surface area contributed by atoms with Gasteiger partial charge in [-0.1, -0.05) is 24.3 Å². The lowest BCUT2D eigenvalue weighted by atomic mass is 9.46. The molecule has 4 bridgehead atoms. The molecule has 7 rings (SSSR count). The van der Waals surface area contributed by atoms with E-state index in [4.69, 9.17) is 9.47 Å². The minimum atomic E-state index is -0.0338. The first-order chi connectivity index (χ1) is 14.7. The second kappa shape index (κ2) is 5.80. The molecule has 0 N–H and O–H groups in total. The molecule has 6 atom stereocenters. The van der Waals surface area contributed by atoms with Gasteiger partial charge in [-0.25, -0.2) is 0 Å². The van der Waals surface area contributed by atoms with Crippen LogP contribution in [0.4, 0.5) is 5.69 Å². The smallest absolute Gasteiger partial charge is 0.119 e. The summed E-state index contributed by atoms with van der Waals surface area (Å²) in [5, 5.41) is 0. The Labute approximate surface area is 178 Å². The number of likely N-dealkylation sites (tertiary alicyclic amines) is 1. The number of hydrogen-bond donors (Lipinski definition) is 0. The van der Waals surface area contributed by atoms with E-state index in [0.29, 0.717) is 24.1 Å². The molecule has 0 spiro atoms. The second-order valence-corrected chi connectivity index (χ2v) is 10.1. The highest BCUT2D eigenvalue weighted by atomic mass is 16.5. The van der Waals surface area contributed by atoms with E-state index in [0.717, 1.165) is 25.3 Å². The number of likely N-dealkylation sites (N-methyl/N-ethyl adjacent to an activating group) is 1. The third-order valence-electron chi connectivity index (χ3n) is 9.32. The van der Waals surface area contributed by atoms with E-state index in [1.807, 2.05) is 0 Å². The van der Waals surface area contributed by atoms with Crippen LogP contribution in [0, 0.1) is 5.92 Å². The summed E-state index contributed by atoms with van der Waals surface area (Å²) < 4.78 is 13.0. The molecule has 0 aromatic heterocycles. The lowest BCUT2D eigenvalue weighted by Crippen LogP contribution is -2.73. The summed E-state index contributed by atoms with van der Waals surface area (Å²) >= 11 is 0. The van der Waals surface area contributed by atoms with E-state index in [9.17, 15) is 0 Å². The molecule has 1 saturated carbocycles. The standard InChI is InChI=1S/C26H30N2O2/c1-27-13-12-25-20-15-19(29-2)9-8-17(20)14-23(27)26(25)11-10-21-24(25)22(30-26)16-28(21)18-6-4-3-5-7-18/h3-9,15,21-24H,10-14,16H2,1-2H3/t21-,22-,23-,24+,25+,26-/m1/s1. The van der Waals surface area contributed by atoms with Crippen LogP contribution in [-0.4, -0.2) is 55.9 Å². The van der Waals surface area contributed by atoms with Gasteiger partial charge in [0.05, 0.1) is 18.8 Å². The first-order valence-corrected chi connectivity index (χ1v) is 11.6. The lowest BCUT2D eigenvalue weighted by Gasteiger charge is -2.64. The largest absolute Gasteiger partial charge is 0.497 e. The van der Waals surface area contributed by atoms with Crippen molar-refractivity contribution in [1.29, 1.82) is 0 Å². The maximum absolute atomic E-state index is 7.25. The Morgan fingerprint density at radius 2 is 1.97 bits per heavy atom. The van der Waals surface area contributed by atoms with Crippen LogP contribution in [0.5, 0.6) is 5.75 Å². The van der Waals surface area contributed by atoms with Crippen LogP contribution < -0.4 is 9.64 Å². The molecule has 4 fully saturated rings. The molecule has 0 amide bonds. The summed E-state index contributed by atoms with van der Waals surface area (Å²) in [6.45, 7) is 2.19. The number of fused-ring (bicyclic) bond motifs is 1. The summed E-state index contributed by atoms with van der Waals surface area (Å²) in [4.78, 5) is 5.26. The fourth-order valence-corrected chi connectivity index (χ4v) is 8.33. The highest BCUT2D eigenvalue weighted by Gasteiger charge is 2.77. The summed E-state index contributed by atoms with van der Waals surface area (Å²) in [7, 11) is 4.11. The fourth-order valence-electron chi connectivity index (χ4n) is 8.33. The third-order valence-corrected chi connectivity index (χ3v) is 9.32. The van der Waals surface area contributed by atoms with Gasteiger partial charge in [-0.2, -0.15) is 0 Å². The zero-order valence-corrected chi connectivity index (χ0v) is 17.9. The zero-order valence-electron chi connectivity index (χ0n) is 17.9. The Hall–Kier alpha value is -2.04. The van der Waals surface area contributed by atoms with Gasteiger partial charge in [-0.05, 0) is 74.7 Å². The van der Waals surface area contributed by atoms with E-state index >= 15 is 0 Å². The van der Waals surface area contributed by atoms with E-state index in [-0.39, 0.29) is 11.0 Å². The molecule has 4 nitrogen and oxygen atoms in total. The van der Waals surface area contributed by atoms with Gasteiger partial charge in [0.25, 0.3) is 0 Å². The number of anilines is 1. The topological polar surface area (TPSA) is 24.9 Å². The van der Waals surface area contributed by atoms with Gasteiger partial charge in [0.1, 0.15) is 5.75 Å². The molecule has 4 heteroatoms. The molecule has 3 aliphatic heterocycles. The van der Waals surface area contributed by atoms with Gasteiger partial charge in [-0.3, -0.25) is 0 Å². The average molecular weight is 403 g/mol. The molecule has 5 aliphatic rings. The van der Waals surface area contributed by atoms with Crippen molar-refractivity contribution in [2.45, 2.75) is 54.9 Å². The monoisotopic (exact) mass is 402 g/mol. The van der Waals surface area contributed by atoms with Crippen molar-refractivity contribution >= 4 is 5.69 Å². The Morgan fingerprint density at radius 1 is 1.10 bits per heavy atom. The van der Waals surface area contributed by atoms with Crippen molar-refractivity contribution in [3.63, 3.8) is 0 Å². The van der Waals surface area contributed by atoms with Crippen LogP contribution in [0.25, 0.3) is 0 Å². The maximum atomic E-state index is 7.25. The molecule has 2 aromatic carbocycles. The summed E-state index contributed by atoms with van der Waals surface area (Å²) in [6.07, 6.45) is 5.02. The number of benzene rings is 2. The number of nitrogens with zero attached hydrogens (tertiary/aromatic N) is 2. The van der Waals surface area contributed by atoms with Gasteiger partial charge >= 0.3 is 0 Å². The molecule has 0 radical (unpaired) electrons. The molecular weight excluding hydrogens is 372 g/mol. The van der Waals surface area contributed by atoms with Gasteiger partial charge in [0.2, 0.25) is 0 Å². The Kier molecular flexibility index (Phi) is 3.41. The highest BCUT2D eigenvalue weighted by Crippen LogP contribution is 2.69. The van der Waals surface area contributed by atoms with Crippen LogP contribution in [0.15, 0.2) is 48.5 Å². The van der Waals surface area contributed by atoms with E-state index in [1.54, 1.807) is 12.7 Å². The fraction of sp³-hybridized carbons (Fsp3) is 0.538. The van der Waals surface area contributed by atoms with Crippen molar-refractivity contribution in [1.82, 2.24) is 4.90 Å². The van der Waals surface area contributed by atoms with Crippen LogP contribution in [0.2, 0.25) is 0 Å². The average Bonchev–Trinajstić information content (AvgIpc) is 3.23. The molecule has 2 aromatic rings. The minimum absolute atomic E-state index is 0.0338. The SMILES string of the molecule is COc1ccc2c(c1)[C@]13CCN(C)[C@H](C2)[C@]12CC[C@@H]1[C@H]3[C@@H](CN1c1ccccc1)O2. The van der Waals surface area contributed by atoms with Crippen LogP contribution >= 0.6 is 0 Å². The molecule has 3 saturated heterocycles. The second-order valence-electron chi connectivity index (χ2n) is 10.1. The van der Waals surface area contributed by atoms with E-state index in [2.05, 4.69) is 65.4 Å². The predicted octanol–water partition coefficient (Wildman–Crippen LogP) is 3.63. The Morgan fingerprint density at radius 3 is 2.80 bits per heavy atom. The quantitative estimate of drug-likeness (QED) is 0.766. The van der Waals surface area contributed by atoms with Crippen molar-refractivity contribution in [3.05, 3.63) is 59.7 Å². The molecular formula is C26H30N2O2. The minimum Gasteiger partial charge on any atom is -0.497 e. The lowest BCUT2D eigenvalue weighted by molar-refractivity contribution is -0.156.